The molecule has 1 aliphatic rings. The van der Waals surface area contributed by atoms with Gasteiger partial charge in [0.05, 0.1) is 0 Å². The van der Waals surface area contributed by atoms with Gasteiger partial charge >= 0.3 is 0 Å². The van der Waals surface area contributed by atoms with Crippen molar-refractivity contribution in [2.75, 3.05) is 13.7 Å². The van der Waals surface area contributed by atoms with Gasteiger partial charge < -0.3 is 10.1 Å². The summed E-state index contributed by atoms with van der Waals surface area (Å²) >= 11 is 5.74. The third-order valence-corrected chi connectivity index (χ3v) is 3.31. The SMILES string of the molecule is C=C(Cl)COc1cccc2c1CCCC2NC. The monoisotopic (exact) mass is 251 g/mol. The first-order valence-electron chi connectivity index (χ1n) is 5.97. The highest BCUT2D eigenvalue weighted by Crippen LogP contribution is 2.35. The van der Waals surface area contributed by atoms with Gasteiger partial charge in [-0.05, 0) is 43.5 Å². The van der Waals surface area contributed by atoms with Crippen LogP contribution in [0, 0.1) is 0 Å². The Morgan fingerprint density at radius 2 is 2.41 bits per heavy atom. The smallest absolute Gasteiger partial charge is 0.123 e. The topological polar surface area (TPSA) is 21.3 Å². The Morgan fingerprint density at radius 3 is 3.12 bits per heavy atom. The Bertz CT molecular complexity index is 417. The summed E-state index contributed by atoms with van der Waals surface area (Å²) in [6.45, 7) is 4.02. The van der Waals surface area contributed by atoms with Crippen LogP contribution in [0.1, 0.15) is 30.0 Å². The zero-order valence-corrected chi connectivity index (χ0v) is 10.9. The second-order valence-electron chi connectivity index (χ2n) is 4.36. The Kier molecular flexibility index (Phi) is 4.08. The number of ether oxygens (including phenoxy) is 1. The van der Waals surface area contributed by atoms with E-state index >= 15 is 0 Å². The van der Waals surface area contributed by atoms with Gasteiger partial charge in [0.25, 0.3) is 0 Å². The highest BCUT2D eigenvalue weighted by atomic mass is 35.5. The summed E-state index contributed by atoms with van der Waals surface area (Å²) in [6, 6.07) is 6.68. The molecule has 0 radical (unpaired) electrons. The molecule has 2 nitrogen and oxygen atoms in total. The molecule has 17 heavy (non-hydrogen) atoms. The Balaban J connectivity index is 2.26. The molecular weight excluding hydrogens is 234 g/mol. The van der Waals surface area contributed by atoms with Crippen LogP contribution in [0.5, 0.6) is 5.75 Å². The zero-order chi connectivity index (χ0) is 12.3. The van der Waals surface area contributed by atoms with Crippen molar-refractivity contribution in [3.05, 3.63) is 40.9 Å². The maximum absolute atomic E-state index is 5.74. The van der Waals surface area contributed by atoms with Gasteiger partial charge in [-0.1, -0.05) is 30.3 Å². The van der Waals surface area contributed by atoms with Crippen LogP contribution in [0.3, 0.4) is 0 Å². The summed E-state index contributed by atoms with van der Waals surface area (Å²) in [4.78, 5) is 0. The van der Waals surface area contributed by atoms with Gasteiger partial charge in [-0.25, -0.2) is 0 Å². The maximum Gasteiger partial charge on any atom is 0.123 e. The van der Waals surface area contributed by atoms with Crippen molar-refractivity contribution in [3.63, 3.8) is 0 Å². The van der Waals surface area contributed by atoms with E-state index in [0.29, 0.717) is 17.7 Å². The fourth-order valence-corrected chi connectivity index (χ4v) is 2.46. The molecule has 1 atom stereocenters. The van der Waals surface area contributed by atoms with E-state index in [2.05, 4.69) is 18.0 Å². The first kappa shape index (κ1) is 12.5. The molecule has 3 heteroatoms. The summed E-state index contributed by atoms with van der Waals surface area (Å²) in [5, 5.41) is 3.88. The van der Waals surface area contributed by atoms with E-state index in [0.717, 1.165) is 12.2 Å². The van der Waals surface area contributed by atoms with E-state index < -0.39 is 0 Å². The molecule has 0 saturated carbocycles. The molecule has 0 spiro atoms. The molecule has 0 bridgehead atoms. The quantitative estimate of drug-likeness (QED) is 0.886. The number of rotatable bonds is 4. The average Bonchev–Trinajstić information content (AvgIpc) is 2.35. The minimum absolute atomic E-state index is 0.377. The van der Waals surface area contributed by atoms with Crippen LogP contribution in [0.4, 0.5) is 0 Å². The fourth-order valence-electron chi connectivity index (χ4n) is 2.41. The Labute approximate surface area is 108 Å². The minimum atomic E-state index is 0.377. The lowest BCUT2D eigenvalue weighted by molar-refractivity contribution is 0.350. The summed E-state index contributed by atoms with van der Waals surface area (Å²) in [7, 11) is 2.01. The number of fused-ring (bicyclic) bond motifs is 1. The highest BCUT2D eigenvalue weighted by Gasteiger charge is 2.21. The molecule has 0 aromatic heterocycles. The first-order chi connectivity index (χ1) is 8.22. The van der Waals surface area contributed by atoms with Crippen LogP contribution in [0.15, 0.2) is 29.8 Å². The number of halogens is 1. The van der Waals surface area contributed by atoms with Gasteiger partial charge in [0.1, 0.15) is 12.4 Å². The third kappa shape index (κ3) is 2.82. The zero-order valence-electron chi connectivity index (χ0n) is 10.1. The summed E-state index contributed by atoms with van der Waals surface area (Å²) in [5.41, 5.74) is 2.67. The first-order valence-corrected chi connectivity index (χ1v) is 6.35. The molecule has 1 aromatic rings. The van der Waals surface area contributed by atoms with Crippen molar-refractivity contribution in [1.29, 1.82) is 0 Å². The molecule has 0 aliphatic heterocycles. The lowest BCUT2D eigenvalue weighted by Crippen LogP contribution is -2.22. The standard InChI is InChI=1S/C14H18ClNO/c1-10(15)9-17-14-8-4-5-11-12(14)6-3-7-13(11)16-2/h4-5,8,13,16H,1,3,6-7,9H2,2H3. The molecular formula is C14H18ClNO. The highest BCUT2D eigenvalue weighted by molar-refractivity contribution is 6.29. The van der Waals surface area contributed by atoms with Crippen LogP contribution in [0.25, 0.3) is 0 Å². The van der Waals surface area contributed by atoms with Crippen molar-refractivity contribution in [1.82, 2.24) is 5.32 Å². The van der Waals surface area contributed by atoms with Crippen LogP contribution in [-0.2, 0) is 6.42 Å². The van der Waals surface area contributed by atoms with E-state index in [1.165, 1.54) is 24.0 Å². The van der Waals surface area contributed by atoms with Gasteiger partial charge in [0.15, 0.2) is 0 Å². The largest absolute Gasteiger partial charge is 0.488 e. The molecule has 1 unspecified atom stereocenters. The Morgan fingerprint density at radius 1 is 1.59 bits per heavy atom. The molecule has 92 valence electrons. The third-order valence-electron chi connectivity index (χ3n) is 3.20. The molecule has 0 heterocycles. The van der Waals surface area contributed by atoms with Crippen molar-refractivity contribution < 1.29 is 4.74 Å². The van der Waals surface area contributed by atoms with Crippen molar-refractivity contribution in [2.24, 2.45) is 0 Å². The fraction of sp³-hybridized carbons (Fsp3) is 0.429. The molecule has 0 saturated heterocycles. The summed E-state index contributed by atoms with van der Waals surface area (Å²) in [5.74, 6) is 0.948. The molecule has 0 fully saturated rings. The van der Waals surface area contributed by atoms with Gasteiger partial charge in [0.2, 0.25) is 0 Å². The van der Waals surface area contributed by atoms with Crippen LogP contribution in [-0.4, -0.2) is 13.7 Å². The lowest BCUT2D eigenvalue weighted by Gasteiger charge is -2.26. The van der Waals surface area contributed by atoms with Crippen LogP contribution < -0.4 is 10.1 Å². The second kappa shape index (κ2) is 5.56. The van der Waals surface area contributed by atoms with E-state index in [9.17, 15) is 0 Å². The Hall–Kier alpha value is -0.990. The van der Waals surface area contributed by atoms with Gasteiger partial charge in [-0.2, -0.15) is 0 Å². The van der Waals surface area contributed by atoms with E-state index in [1.54, 1.807) is 0 Å². The second-order valence-corrected chi connectivity index (χ2v) is 4.90. The van der Waals surface area contributed by atoms with Crippen molar-refractivity contribution in [2.45, 2.75) is 25.3 Å². The predicted molar refractivity (Wildman–Crippen MR) is 71.7 cm³/mol. The minimum Gasteiger partial charge on any atom is -0.488 e. The summed E-state index contributed by atoms with van der Waals surface area (Å²) in [6.07, 6.45) is 3.47. The van der Waals surface area contributed by atoms with Crippen LogP contribution >= 0.6 is 11.6 Å². The predicted octanol–water partition coefficient (Wildman–Crippen LogP) is 3.41. The lowest BCUT2D eigenvalue weighted by atomic mass is 9.87. The van der Waals surface area contributed by atoms with Gasteiger partial charge in [0, 0.05) is 11.1 Å². The molecule has 2 rings (SSSR count). The van der Waals surface area contributed by atoms with E-state index in [1.807, 2.05) is 19.2 Å². The number of benzene rings is 1. The summed E-state index contributed by atoms with van der Waals surface area (Å²) < 4.78 is 5.70. The number of hydrogen-bond acceptors (Lipinski definition) is 2. The normalized spacial score (nSPS) is 18.6. The molecule has 0 amide bonds. The number of nitrogens with one attached hydrogen (secondary N) is 1. The van der Waals surface area contributed by atoms with E-state index in [4.69, 9.17) is 16.3 Å². The van der Waals surface area contributed by atoms with Gasteiger partial charge in [-0.15, -0.1) is 0 Å². The number of hydrogen-bond donors (Lipinski definition) is 1. The maximum atomic E-state index is 5.74. The van der Waals surface area contributed by atoms with Crippen molar-refractivity contribution >= 4 is 11.6 Å². The van der Waals surface area contributed by atoms with Crippen molar-refractivity contribution in [3.8, 4) is 5.75 Å². The van der Waals surface area contributed by atoms with E-state index in [-0.39, 0.29) is 0 Å². The molecule has 1 aliphatic carbocycles. The molecule has 1 aromatic carbocycles. The average molecular weight is 252 g/mol. The van der Waals surface area contributed by atoms with Crippen LogP contribution in [0.2, 0.25) is 0 Å². The van der Waals surface area contributed by atoms with Gasteiger partial charge in [-0.3, -0.25) is 0 Å². The molecule has 1 N–H and O–H groups in total.